The van der Waals surface area contributed by atoms with Gasteiger partial charge in [-0.3, -0.25) is 0 Å². The maximum atomic E-state index is 10.8. The third-order valence-electron chi connectivity index (χ3n) is 5.71. The fourth-order valence-electron chi connectivity index (χ4n) is 4.17. The van der Waals surface area contributed by atoms with Crippen LogP contribution in [-0.2, 0) is 0 Å². The molecule has 0 aromatic rings. The summed E-state index contributed by atoms with van der Waals surface area (Å²) in [7, 11) is 0. The molecule has 0 radical (unpaired) electrons. The third kappa shape index (κ3) is 6.83. The molecule has 2 rings (SSSR count). The van der Waals surface area contributed by atoms with Gasteiger partial charge in [-0.2, -0.15) is 0 Å². The molecular weight excluding hydrogens is 280 g/mol. The first-order valence-corrected chi connectivity index (χ1v) is 10.4. The first-order valence-electron chi connectivity index (χ1n) is 10.4. The Morgan fingerprint density at radius 2 is 1.48 bits per heavy atom. The van der Waals surface area contributed by atoms with Gasteiger partial charge in [0.25, 0.3) is 0 Å². The second kappa shape index (κ2) is 10.3. The Hall–Kier alpha value is -0.560. The monoisotopic (exact) mass is 318 g/mol. The number of hydrogen-bond acceptors (Lipinski definition) is 1. The second-order valence-electron chi connectivity index (χ2n) is 7.88. The van der Waals surface area contributed by atoms with E-state index in [1.54, 1.807) is 5.57 Å². The standard InChI is InChI=1S/C22H38O/c1-2-3-4-5-6-7-8-9-10-13-17-22(23)18-16-20-14-11-12-15-21(20)19-22/h16,18,23H,2-15,17,19H2,1H3. The fourth-order valence-corrected chi connectivity index (χ4v) is 4.17. The summed E-state index contributed by atoms with van der Waals surface area (Å²) in [5.74, 6) is 0. The molecule has 0 aliphatic heterocycles. The van der Waals surface area contributed by atoms with E-state index in [4.69, 9.17) is 0 Å². The number of rotatable bonds is 11. The Bertz CT molecular complexity index is 393. The van der Waals surface area contributed by atoms with Gasteiger partial charge in [-0.1, -0.05) is 88.9 Å². The molecular formula is C22H38O. The van der Waals surface area contributed by atoms with Crippen LogP contribution in [-0.4, -0.2) is 10.7 Å². The van der Waals surface area contributed by atoms with Crippen molar-refractivity contribution in [3.8, 4) is 0 Å². The van der Waals surface area contributed by atoms with E-state index in [9.17, 15) is 5.11 Å². The predicted octanol–water partition coefficient (Wildman–Crippen LogP) is 6.86. The zero-order valence-corrected chi connectivity index (χ0v) is 15.4. The zero-order valence-electron chi connectivity index (χ0n) is 15.4. The summed E-state index contributed by atoms with van der Waals surface area (Å²) in [5, 5.41) is 10.8. The largest absolute Gasteiger partial charge is 0.385 e. The summed E-state index contributed by atoms with van der Waals surface area (Å²) in [6, 6.07) is 0. The van der Waals surface area contributed by atoms with Crippen molar-refractivity contribution in [3.63, 3.8) is 0 Å². The van der Waals surface area contributed by atoms with Crippen LogP contribution >= 0.6 is 0 Å². The number of aliphatic hydroxyl groups is 1. The maximum absolute atomic E-state index is 10.8. The third-order valence-corrected chi connectivity index (χ3v) is 5.71. The van der Waals surface area contributed by atoms with Crippen molar-refractivity contribution in [1.82, 2.24) is 0 Å². The van der Waals surface area contributed by atoms with Crippen molar-refractivity contribution >= 4 is 0 Å². The van der Waals surface area contributed by atoms with Gasteiger partial charge in [0.1, 0.15) is 0 Å². The van der Waals surface area contributed by atoms with Crippen LogP contribution in [0.15, 0.2) is 23.3 Å². The zero-order chi connectivity index (χ0) is 16.4. The van der Waals surface area contributed by atoms with Crippen LogP contribution in [0.4, 0.5) is 0 Å². The highest BCUT2D eigenvalue weighted by molar-refractivity contribution is 5.35. The molecule has 1 heteroatoms. The normalized spacial score (nSPS) is 24.1. The van der Waals surface area contributed by atoms with Gasteiger partial charge in [0.05, 0.1) is 5.60 Å². The number of hydrogen-bond donors (Lipinski definition) is 1. The van der Waals surface area contributed by atoms with Crippen molar-refractivity contribution < 1.29 is 5.11 Å². The van der Waals surface area contributed by atoms with E-state index >= 15 is 0 Å². The highest BCUT2D eigenvalue weighted by Crippen LogP contribution is 2.38. The lowest BCUT2D eigenvalue weighted by Crippen LogP contribution is -2.29. The molecule has 132 valence electrons. The van der Waals surface area contributed by atoms with Gasteiger partial charge in [0, 0.05) is 6.42 Å². The molecule has 0 amide bonds. The molecule has 1 nitrogen and oxygen atoms in total. The molecule has 0 fully saturated rings. The van der Waals surface area contributed by atoms with E-state index < -0.39 is 5.60 Å². The molecule has 23 heavy (non-hydrogen) atoms. The van der Waals surface area contributed by atoms with Crippen molar-refractivity contribution in [3.05, 3.63) is 23.3 Å². The minimum absolute atomic E-state index is 0.531. The maximum Gasteiger partial charge on any atom is 0.0867 e. The van der Waals surface area contributed by atoms with E-state index in [2.05, 4.69) is 19.1 Å². The molecule has 0 heterocycles. The summed E-state index contributed by atoms with van der Waals surface area (Å²) >= 11 is 0. The van der Waals surface area contributed by atoms with E-state index in [1.165, 1.54) is 95.5 Å². The molecule has 0 saturated carbocycles. The molecule has 1 atom stereocenters. The van der Waals surface area contributed by atoms with Crippen LogP contribution < -0.4 is 0 Å². The summed E-state index contributed by atoms with van der Waals surface area (Å²) < 4.78 is 0. The van der Waals surface area contributed by atoms with Crippen LogP contribution in [0.1, 0.15) is 110 Å². The van der Waals surface area contributed by atoms with Gasteiger partial charge >= 0.3 is 0 Å². The summed E-state index contributed by atoms with van der Waals surface area (Å²) in [5.41, 5.74) is 2.55. The summed E-state index contributed by atoms with van der Waals surface area (Å²) in [4.78, 5) is 0. The molecule has 2 aliphatic carbocycles. The average molecular weight is 319 g/mol. The van der Waals surface area contributed by atoms with Crippen LogP contribution in [0.3, 0.4) is 0 Å². The lowest BCUT2D eigenvalue weighted by Gasteiger charge is -2.32. The minimum Gasteiger partial charge on any atom is -0.385 e. The van der Waals surface area contributed by atoms with Crippen molar-refractivity contribution in [1.29, 1.82) is 0 Å². The fraction of sp³-hybridized carbons (Fsp3) is 0.818. The molecule has 0 aromatic carbocycles. The smallest absolute Gasteiger partial charge is 0.0867 e. The second-order valence-corrected chi connectivity index (χ2v) is 7.88. The molecule has 0 saturated heterocycles. The van der Waals surface area contributed by atoms with Crippen LogP contribution in [0.2, 0.25) is 0 Å². The van der Waals surface area contributed by atoms with E-state index in [-0.39, 0.29) is 0 Å². The Balaban J connectivity index is 1.51. The van der Waals surface area contributed by atoms with Gasteiger partial charge in [-0.15, -0.1) is 0 Å². The average Bonchev–Trinajstić information content (AvgIpc) is 2.56. The Labute approximate surface area is 144 Å². The quantitative estimate of drug-likeness (QED) is 0.413. The number of unbranched alkanes of at least 4 members (excludes halogenated alkanes) is 9. The number of allylic oxidation sites excluding steroid dienone is 2. The molecule has 1 N–H and O–H groups in total. The predicted molar refractivity (Wildman–Crippen MR) is 101 cm³/mol. The molecule has 0 aromatic heterocycles. The lowest BCUT2D eigenvalue weighted by atomic mass is 9.77. The van der Waals surface area contributed by atoms with E-state index in [0.29, 0.717) is 0 Å². The highest BCUT2D eigenvalue weighted by Gasteiger charge is 2.29. The molecule has 0 spiro atoms. The highest BCUT2D eigenvalue weighted by atomic mass is 16.3. The minimum atomic E-state index is -0.531. The van der Waals surface area contributed by atoms with E-state index in [1.807, 2.05) is 0 Å². The first-order chi connectivity index (χ1) is 11.2. The van der Waals surface area contributed by atoms with Crippen molar-refractivity contribution in [2.45, 2.75) is 115 Å². The Kier molecular flexibility index (Phi) is 8.44. The summed E-state index contributed by atoms with van der Waals surface area (Å²) in [6.07, 6.45) is 24.9. The van der Waals surface area contributed by atoms with Gasteiger partial charge in [0.15, 0.2) is 0 Å². The Morgan fingerprint density at radius 3 is 2.17 bits per heavy atom. The van der Waals surface area contributed by atoms with Crippen molar-refractivity contribution in [2.24, 2.45) is 0 Å². The lowest BCUT2D eigenvalue weighted by molar-refractivity contribution is 0.0752. The van der Waals surface area contributed by atoms with Crippen LogP contribution in [0.5, 0.6) is 0 Å². The van der Waals surface area contributed by atoms with Crippen LogP contribution in [0, 0.1) is 0 Å². The van der Waals surface area contributed by atoms with Gasteiger partial charge in [-0.05, 0) is 37.7 Å². The molecule has 0 bridgehead atoms. The topological polar surface area (TPSA) is 20.2 Å². The molecule has 2 aliphatic rings. The van der Waals surface area contributed by atoms with E-state index in [0.717, 1.165) is 12.8 Å². The van der Waals surface area contributed by atoms with Crippen molar-refractivity contribution in [2.75, 3.05) is 0 Å². The van der Waals surface area contributed by atoms with Gasteiger partial charge in [-0.25, -0.2) is 0 Å². The molecule has 1 unspecified atom stereocenters. The first kappa shape index (κ1) is 18.8. The SMILES string of the molecule is CCCCCCCCCCCCC1(O)C=CC2=C(CCCC2)C1. The van der Waals surface area contributed by atoms with Gasteiger partial charge < -0.3 is 5.11 Å². The van der Waals surface area contributed by atoms with Gasteiger partial charge in [0.2, 0.25) is 0 Å². The summed E-state index contributed by atoms with van der Waals surface area (Å²) in [6.45, 7) is 2.28. The van der Waals surface area contributed by atoms with Crippen LogP contribution in [0.25, 0.3) is 0 Å². The Morgan fingerprint density at radius 1 is 0.870 bits per heavy atom.